The third-order valence-electron chi connectivity index (χ3n) is 3.21. The number of amides is 2. The van der Waals surface area contributed by atoms with Gasteiger partial charge in [0.2, 0.25) is 5.91 Å². The van der Waals surface area contributed by atoms with Crippen LogP contribution in [0.25, 0.3) is 0 Å². The molecule has 0 aliphatic carbocycles. The second-order valence-electron chi connectivity index (χ2n) is 4.83. The van der Waals surface area contributed by atoms with Gasteiger partial charge in [-0.25, -0.2) is 0 Å². The van der Waals surface area contributed by atoms with E-state index in [1.54, 1.807) is 42.5 Å². The van der Waals surface area contributed by atoms with Gasteiger partial charge >= 0.3 is 0 Å². The molecule has 0 heterocycles. The van der Waals surface area contributed by atoms with Crippen LogP contribution in [0.1, 0.15) is 10.4 Å². The molecule has 0 aromatic heterocycles. The van der Waals surface area contributed by atoms with Crippen LogP contribution in [0, 0.1) is 0 Å². The molecule has 2 aromatic rings. The van der Waals surface area contributed by atoms with Crippen LogP contribution in [0.15, 0.2) is 55.1 Å². The third-order valence-corrected chi connectivity index (χ3v) is 3.21. The van der Waals surface area contributed by atoms with Crippen molar-refractivity contribution in [2.45, 2.75) is 0 Å². The lowest BCUT2D eigenvalue weighted by Gasteiger charge is -2.10. The van der Waals surface area contributed by atoms with Crippen molar-refractivity contribution < 1.29 is 19.1 Å². The molecule has 0 atom stereocenters. The summed E-state index contributed by atoms with van der Waals surface area (Å²) in [6.07, 6.45) is 1.19. The minimum atomic E-state index is -0.296. The summed E-state index contributed by atoms with van der Waals surface area (Å²) < 4.78 is 10.3. The van der Waals surface area contributed by atoms with E-state index in [0.29, 0.717) is 28.4 Å². The van der Waals surface area contributed by atoms with Crippen molar-refractivity contribution >= 4 is 23.2 Å². The minimum Gasteiger partial charge on any atom is -0.497 e. The highest BCUT2D eigenvalue weighted by Crippen LogP contribution is 2.23. The smallest absolute Gasteiger partial charge is 0.255 e. The summed E-state index contributed by atoms with van der Waals surface area (Å²) in [5.41, 5.74) is 1.62. The zero-order valence-electron chi connectivity index (χ0n) is 13.5. The lowest BCUT2D eigenvalue weighted by Crippen LogP contribution is -2.12. The summed E-state index contributed by atoms with van der Waals surface area (Å²) >= 11 is 0. The molecule has 0 radical (unpaired) electrons. The van der Waals surface area contributed by atoms with E-state index in [2.05, 4.69) is 17.2 Å². The quantitative estimate of drug-likeness (QED) is 0.800. The van der Waals surface area contributed by atoms with E-state index < -0.39 is 0 Å². The Hall–Kier alpha value is -3.28. The number of carbonyl (C=O) groups is 2. The van der Waals surface area contributed by atoms with Crippen molar-refractivity contribution in [1.82, 2.24) is 0 Å². The number of carbonyl (C=O) groups excluding carboxylic acids is 2. The van der Waals surface area contributed by atoms with E-state index in [1.807, 2.05) is 0 Å². The van der Waals surface area contributed by atoms with Crippen LogP contribution in [-0.4, -0.2) is 26.0 Å². The van der Waals surface area contributed by atoms with Crippen molar-refractivity contribution in [3.8, 4) is 11.5 Å². The number of ether oxygens (including phenoxy) is 2. The summed E-state index contributed by atoms with van der Waals surface area (Å²) in [6.45, 7) is 3.39. The maximum absolute atomic E-state index is 12.4. The summed E-state index contributed by atoms with van der Waals surface area (Å²) in [5.74, 6) is 0.467. The molecule has 124 valence electrons. The standard InChI is InChI=1S/C18H18N2O4/c1-4-17(21)19-13-5-7-14(8-6-13)20-18(22)12-9-15(23-2)11-16(10-12)24-3/h4-11H,1H2,2-3H3,(H,19,21)(H,20,22). The first-order valence-corrected chi connectivity index (χ1v) is 7.13. The summed E-state index contributed by atoms with van der Waals surface area (Å²) in [4.78, 5) is 23.6. The molecule has 0 saturated carbocycles. The van der Waals surface area contributed by atoms with Gasteiger partial charge < -0.3 is 20.1 Å². The predicted molar refractivity (Wildman–Crippen MR) is 92.8 cm³/mol. The SMILES string of the molecule is C=CC(=O)Nc1ccc(NC(=O)c2cc(OC)cc(OC)c2)cc1. The third kappa shape index (κ3) is 4.36. The fourth-order valence-electron chi connectivity index (χ4n) is 1.97. The van der Waals surface area contributed by atoms with Gasteiger partial charge in [-0.2, -0.15) is 0 Å². The van der Waals surface area contributed by atoms with Gasteiger partial charge in [-0.3, -0.25) is 9.59 Å². The van der Waals surface area contributed by atoms with Crippen molar-refractivity contribution in [1.29, 1.82) is 0 Å². The average Bonchev–Trinajstić information content (AvgIpc) is 2.62. The second-order valence-corrected chi connectivity index (χ2v) is 4.83. The second kappa shape index (κ2) is 7.82. The maximum atomic E-state index is 12.4. The largest absolute Gasteiger partial charge is 0.497 e. The number of methoxy groups -OCH3 is 2. The van der Waals surface area contributed by atoms with Gasteiger partial charge in [0.05, 0.1) is 14.2 Å². The van der Waals surface area contributed by atoms with Gasteiger partial charge in [0, 0.05) is 23.0 Å². The van der Waals surface area contributed by atoms with E-state index >= 15 is 0 Å². The Balaban J connectivity index is 2.12. The Labute approximate surface area is 140 Å². The fraction of sp³-hybridized carbons (Fsp3) is 0.111. The van der Waals surface area contributed by atoms with Crippen LogP contribution in [0.3, 0.4) is 0 Å². The van der Waals surface area contributed by atoms with Crippen molar-refractivity contribution in [3.63, 3.8) is 0 Å². The highest BCUT2D eigenvalue weighted by molar-refractivity contribution is 6.05. The Morgan fingerprint density at radius 1 is 0.917 bits per heavy atom. The van der Waals surface area contributed by atoms with E-state index in [9.17, 15) is 9.59 Å². The van der Waals surface area contributed by atoms with Crippen LogP contribution in [0.5, 0.6) is 11.5 Å². The molecule has 0 aliphatic heterocycles. The van der Waals surface area contributed by atoms with Gasteiger partial charge in [0.15, 0.2) is 0 Å². The number of hydrogen-bond acceptors (Lipinski definition) is 4. The number of anilines is 2. The first-order chi connectivity index (χ1) is 11.5. The molecule has 24 heavy (non-hydrogen) atoms. The van der Waals surface area contributed by atoms with E-state index in [0.717, 1.165) is 0 Å². The van der Waals surface area contributed by atoms with Gasteiger partial charge in [-0.15, -0.1) is 0 Å². The summed E-state index contributed by atoms with van der Waals surface area (Å²) in [6, 6.07) is 11.7. The van der Waals surface area contributed by atoms with Crippen molar-refractivity contribution in [2.75, 3.05) is 24.9 Å². The van der Waals surface area contributed by atoms with Crippen LogP contribution >= 0.6 is 0 Å². The Kier molecular flexibility index (Phi) is 5.57. The van der Waals surface area contributed by atoms with Crippen molar-refractivity contribution in [2.24, 2.45) is 0 Å². The highest BCUT2D eigenvalue weighted by atomic mass is 16.5. The van der Waals surface area contributed by atoms with Gasteiger partial charge in [-0.05, 0) is 42.5 Å². The zero-order valence-corrected chi connectivity index (χ0v) is 13.5. The van der Waals surface area contributed by atoms with Crippen LogP contribution < -0.4 is 20.1 Å². The molecule has 2 aromatic carbocycles. The monoisotopic (exact) mass is 326 g/mol. The van der Waals surface area contributed by atoms with Crippen LogP contribution in [-0.2, 0) is 4.79 Å². The molecule has 0 aliphatic rings. The molecule has 0 bridgehead atoms. The van der Waals surface area contributed by atoms with E-state index in [4.69, 9.17) is 9.47 Å². The molecule has 0 unspecified atom stereocenters. The highest BCUT2D eigenvalue weighted by Gasteiger charge is 2.10. The topological polar surface area (TPSA) is 76.7 Å². The molecule has 0 spiro atoms. The molecular formula is C18H18N2O4. The molecule has 0 fully saturated rings. The Bertz CT molecular complexity index is 732. The lowest BCUT2D eigenvalue weighted by atomic mass is 10.1. The first kappa shape index (κ1) is 17.1. The maximum Gasteiger partial charge on any atom is 0.255 e. The molecule has 6 heteroatoms. The first-order valence-electron chi connectivity index (χ1n) is 7.13. The molecule has 2 N–H and O–H groups in total. The van der Waals surface area contributed by atoms with Gasteiger partial charge in [0.25, 0.3) is 5.91 Å². The molecule has 2 amide bonds. The van der Waals surface area contributed by atoms with Gasteiger partial charge in [-0.1, -0.05) is 6.58 Å². The predicted octanol–water partition coefficient (Wildman–Crippen LogP) is 3.08. The van der Waals surface area contributed by atoms with E-state index in [-0.39, 0.29) is 11.8 Å². The number of nitrogens with one attached hydrogen (secondary N) is 2. The summed E-state index contributed by atoms with van der Waals surface area (Å²) in [5, 5.41) is 5.40. The lowest BCUT2D eigenvalue weighted by molar-refractivity contribution is -0.111. The molecule has 6 nitrogen and oxygen atoms in total. The molecular weight excluding hydrogens is 308 g/mol. The number of benzene rings is 2. The Morgan fingerprint density at radius 2 is 1.42 bits per heavy atom. The zero-order chi connectivity index (χ0) is 17.5. The van der Waals surface area contributed by atoms with Crippen LogP contribution in [0.2, 0.25) is 0 Å². The minimum absolute atomic E-state index is 0.296. The fourth-order valence-corrected chi connectivity index (χ4v) is 1.97. The summed E-state index contributed by atoms with van der Waals surface area (Å²) in [7, 11) is 3.04. The van der Waals surface area contributed by atoms with E-state index in [1.165, 1.54) is 20.3 Å². The van der Waals surface area contributed by atoms with Crippen LogP contribution in [0.4, 0.5) is 11.4 Å². The normalized spacial score (nSPS) is 9.75. The molecule has 2 rings (SSSR count). The average molecular weight is 326 g/mol. The number of hydrogen-bond donors (Lipinski definition) is 2. The molecule has 0 saturated heterocycles. The number of rotatable bonds is 6. The van der Waals surface area contributed by atoms with Gasteiger partial charge in [0.1, 0.15) is 11.5 Å². The Morgan fingerprint density at radius 3 is 1.88 bits per heavy atom. The van der Waals surface area contributed by atoms with Crippen molar-refractivity contribution in [3.05, 3.63) is 60.7 Å².